The molecule has 1 aliphatic carbocycles. The molecule has 3 nitrogen and oxygen atoms in total. The van der Waals surface area contributed by atoms with Gasteiger partial charge in [0.2, 0.25) is 0 Å². The van der Waals surface area contributed by atoms with Crippen LogP contribution >= 0.6 is 0 Å². The molecule has 0 aromatic carbocycles. The van der Waals surface area contributed by atoms with Crippen molar-refractivity contribution in [3.63, 3.8) is 0 Å². The maximum absolute atomic E-state index is 11.1. The van der Waals surface area contributed by atoms with Crippen molar-refractivity contribution in [1.29, 1.82) is 0 Å². The van der Waals surface area contributed by atoms with Gasteiger partial charge in [-0.1, -0.05) is 23.8 Å². The van der Waals surface area contributed by atoms with Crippen LogP contribution in [0.1, 0.15) is 41.0 Å². The molecule has 0 aromatic heterocycles. The van der Waals surface area contributed by atoms with Crippen molar-refractivity contribution in [1.82, 2.24) is 5.32 Å². The highest BCUT2D eigenvalue weighted by Crippen LogP contribution is 2.14. The summed E-state index contributed by atoms with van der Waals surface area (Å²) < 4.78 is 4.96. The lowest BCUT2D eigenvalue weighted by molar-refractivity contribution is 0.115. The molecule has 16 heavy (non-hydrogen) atoms. The van der Waals surface area contributed by atoms with Crippen molar-refractivity contribution < 1.29 is 11.0 Å². The fourth-order valence-electron chi connectivity index (χ4n) is 1.59. The van der Waals surface area contributed by atoms with Gasteiger partial charge in [0.05, 0.1) is 6.10 Å². The Hall–Kier alpha value is -1.25. The van der Waals surface area contributed by atoms with E-state index in [2.05, 4.69) is 23.5 Å². The van der Waals surface area contributed by atoms with Crippen LogP contribution in [0.5, 0.6) is 0 Å². The van der Waals surface area contributed by atoms with Crippen LogP contribution < -0.4 is 5.32 Å². The number of amides is 1. The zero-order valence-corrected chi connectivity index (χ0v) is 10.2. The standard InChI is InChI=1S/C13H21NO2.H2/c1-11(2)16-13(15)14-10-6-9-12-7-4-3-5-8-12;/h4,7-8,11H,3,5-6,9-10H2,1-2H3,(H,14,15);1H. The third-order valence-corrected chi connectivity index (χ3v) is 2.33. The SMILES string of the molecule is CC(C)OC(=O)NCCCC1=CCCC=C1.[HH]. The number of nitrogens with one attached hydrogen (secondary N) is 1. The first kappa shape index (κ1) is 12.8. The first-order chi connectivity index (χ1) is 7.68. The molecule has 0 bridgehead atoms. The summed E-state index contributed by atoms with van der Waals surface area (Å²) in [5.74, 6) is 0. The van der Waals surface area contributed by atoms with Crippen LogP contribution in [0.3, 0.4) is 0 Å². The Morgan fingerprint density at radius 3 is 3.00 bits per heavy atom. The maximum atomic E-state index is 11.1. The number of alkyl carbamates (subject to hydrolysis) is 1. The molecule has 0 fully saturated rings. The third kappa shape index (κ3) is 5.59. The topological polar surface area (TPSA) is 38.3 Å². The monoisotopic (exact) mass is 225 g/mol. The number of carbonyl (C=O) groups excluding carboxylic acids is 1. The normalized spacial score (nSPS) is 14.8. The van der Waals surface area contributed by atoms with Gasteiger partial charge in [0.15, 0.2) is 0 Å². The molecule has 0 saturated heterocycles. The van der Waals surface area contributed by atoms with E-state index in [-0.39, 0.29) is 13.6 Å². The summed E-state index contributed by atoms with van der Waals surface area (Å²) in [6, 6.07) is 0. The minimum Gasteiger partial charge on any atom is -0.447 e. The van der Waals surface area contributed by atoms with Gasteiger partial charge in [0.1, 0.15) is 0 Å². The summed E-state index contributed by atoms with van der Waals surface area (Å²) in [5, 5.41) is 2.74. The highest BCUT2D eigenvalue weighted by atomic mass is 16.6. The minimum absolute atomic E-state index is 0. The Kier molecular flexibility index (Phi) is 5.68. The van der Waals surface area contributed by atoms with Crippen LogP contribution in [0, 0.1) is 0 Å². The predicted octanol–water partition coefficient (Wildman–Crippen LogP) is 3.42. The number of carbonyl (C=O) groups is 1. The van der Waals surface area contributed by atoms with E-state index in [1.807, 2.05) is 13.8 Å². The van der Waals surface area contributed by atoms with Gasteiger partial charge in [0.25, 0.3) is 0 Å². The zero-order valence-electron chi connectivity index (χ0n) is 10.2. The van der Waals surface area contributed by atoms with Gasteiger partial charge >= 0.3 is 6.09 Å². The molecule has 1 rings (SSSR count). The van der Waals surface area contributed by atoms with Gasteiger partial charge in [-0.15, -0.1) is 0 Å². The number of hydrogen-bond donors (Lipinski definition) is 1. The largest absolute Gasteiger partial charge is 0.447 e. The lowest BCUT2D eigenvalue weighted by atomic mass is 10.0. The molecule has 0 saturated carbocycles. The molecule has 0 spiro atoms. The fraction of sp³-hybridized carbons (Fsp3) is 0.615. The lowest BCUT2D eigenvalue weighted by Crippen LogP contribution is -2.27. The molecule has 0 radical (unpaired) electrons. The Morgan fingerprint density at radius 2 is 2.38 bits per heavy atom. The van der Waals surface area contributed by atoms with Gasteiger partial charge in [0, 0.05) is 7.97 Å². The van der Waals surface area contributed by atoms with Crippen molar-refractivity contribution in [2.75, 3.05) is 6.54 Å². The van der Waals surface area contributed by atoms with Crippen LogP contribution in [-0.4, -0.2) is 18.7 Å². The molecule has 0 atom stereocenters. The molecule has 1 amide bonds. The van der Waals surface area contributed by atoms with Crippen LogP contribution in [0.2, 0.25) is 0 Å². The lowest BCUT2D eigenvalue weighted by Gasteiger charge is -2.10. The van der Waals surface area contributed by atoms with E-state index in [0.717, 1.165) is 25.7 Å². The van der Waals surface area contributed by atoms with Crippen LogP contribution in [0.25, 0.3) is 0 Å². The van der Waals surface area contributed by atoms with E-state index >= 15 is 0 Å². The van der Waals surface area contributed by atoms with E-state index in [4.69, 9.17) is 4.74 Å². The fourth-order valence-corrected chi connectivity index (χ4v) is 1.59. The van der Waals surface area contributed by atoms with Gasteiger partial charge in [-0.25, -0.2) is 4.79 Å². The summed E-state index contributed by atoms with van der Waals surface area (Å²) in [5.41, 5.74) is 1.38. The smallest absolute Gasteiger partial charge is 0.407 e. The van der Waals surface area contributed by atoms with E-state index in [9.17, 15) is 4.79 Å². The first-order valence-electron chi connectivity index (χ1n) is 5.98. The molecular formula is C13H23NO2. The second-order valence-electron chi connectivity index (χ2n) is 4.24. The number of ether oxygens (including phenoxy) is 1. The summed E-state index contributed by atoms with van der Waals surface area (Å²) in [6.07, 6.45) is 10.6. The Labute approximate surface area is 99.0 Å². The van der Waals surface area contributed by atoms with Gasteiger partial charge in [-0.3, -0.25) is 0 Å². The van der Waals surface area contributed by atoms with Gasteiger partial charge < -0.3 is 10.1 Å². The van der Waals surface area contributed by atoms with Crippen LogP contribution in [-0.2, 0) is 4.74 Å². The van der Waals surface area contributed by atoms with Crippen molar-refractivity contribution in [2.45, 2.75) is 45.6 Å². The molecule has 0 aliphatic heterocycles. The molecular weight excluding hydrogens is 202 g/mol. The van der Waals surface area contributed by atoms with Crippen molar-refractivity contribution in [3.8, 4) is 0 Å². The average Bonchev–Trinajstić information content (AvgIpc) is 2.25. The summed E-state index contributed by atoms with van der Waals surface area (Å²) in [6.45, 7) is 4.37. The average molecular weight is 225 g/mol. The molecule has 3 heteroatoms. The van der Waals surface area contributed by atoms with Crippen molar-refractivity contribution >= 4 is 6.09 Å². The van der Waals surface area contributed by atoms with E-state index in [1.165, 1.54) is 5.57 Å². The highest BCUT2D eigenvalue weighted by molar-refractivity contribution is 5.67. The summed E-state index contributed by atoms with van der Waals surface area (Å²) in [7, 11) is 0. The molecule has 92 valence electrons. The van der Waals surface area contributed by atoms with Crippen molar-refractivity contribution in [3.05, 3.63) is 23.8 Å². The van der Waals surface area contributed by atoms with E-state index < -0.39 is 0 Å². The molecule has 0 heterocycles. The van der Waals surface area contributed by atoms with E-state index in [0.29, 0.717) is 6.54 Å². The van der Waals surface area contributed by atoms with Crippen molar-refractivity contribution in [2.24, 2.45) is 0 Å². The van der Waals surface area contributed by atoms with Crippen LogP contribution in [0.4, 0.5) is 4.79 Å². The number of hydrogen-bond acceptors (Lipinski definition) is 2. The Balaban J connectivity index is 0.00000256. The molecule has 1 aliphatic rings. The number of rotatable bonds is 5. The second-order valence-corrected chi connectivity index (χ2v) is 4.24. The third-order valence-electron chi connectivity index (χ3n) is 2.33. The highest BCUT2D eigenvalue weighted by Gasteiger charge is 2.03. The van der Waals surface area contributed by atoms with Crippen LogP contribution in [0.15, 0.2) is 23.8 Å². The number of allylic oxidation sites excluding steroid dienone is 4. The minimum atomic E-state index is -0.317. The Bertz CT molecular complexity index is 285. The summed E-state index contributed by atoms with van der Waals surface area (Å²) in [4.78, 5) is 11.1. The van der Waals surface area contributed by atoms with Gasteiger partial charge in [-0.05, 0) is 39.5 Å². The maximum Gasteiger partial charge on any atom is 0.407 e. The van der Waals surface area contributed by atoms with Gasteiger partial charge in [-0.2, -0.15) is 0 Å². The van der Waals surface area contributed by atoms with E-state index in [1.54, 1.807) is 0 Å². The summed E-state index contributed by atoms with van der Waals surface area (Å²) >= 11 is 0. The molecule has 0 unspecified atom stereocenters. The quantitative estimate of drug-likeness (QED) is 0.728. The molecule has 0 aromatic rings. The Morgan fingerprint density at radius 1 is 1.56 bits per heavy atom. The molecule has 1 N–H and O–H groups in total. The zero-order chi connectivity index (χ0) is 11.8. The first-order valence-corrected chi connectivity index (χ1v) is 5.98. The second kappa shape index (κ2) is 7.09. The predicted molar refractivity (Wildman–Crippen MR) is 67.4 cm³/mol.